The third-order valence-corrected chi connectivity index (χ3v) is 5.34. The van der Waals surface area contributed by atoms with Crippen molar-refractivity contribution in [1.82, 2.24) is 15.5 Å². The van der Waals surface area contributed by atoms with Gasteiger partial charge in [0, 0.05) is 11.6 Å². The van der Waals surface area contributed by atoms with Crippen LogP contribution in [0.25, 0.3) is 0 Å². The molecule has 0 heterocycles. The number of carbonyl (C=O) groups excluding carboxylic acids is 3. The van der Waals surface area contributed by atoms with Gasteiger partial charge >= 0.3 is 6.09 Å². The zero-order valence-corrected chi connectivity index (χ0v) is 21.0. The maximum Gasteiger partial charge on any atom is 0.408 e. The summed E-state index contributed by atoms with van der Waals surface area (Å²) >= 11 is 0. The third-order valence-electron chi connectivity index (χ3n) is 5.34. The Balaban J connectivity index is 2.40. The molecule has 1 fully saturated rings. The number of benzene rings is 1. The number of nitrogens with zero attached hydrogens (tertiary/aromatic N) is 1. The molecule has 0 radical (unpaired) electrons. The van der Waals surface area contributed by atoms with Crippen LogP contribution in [0.4, 0.5) is 4.79 Å². The van der Waals surface area contributed by atoms with Crippen LogP contribution in [-0.4, -0.2) is 46.5 Å². The van der Waals surface area contributed by atoms with E-state index in [9.17, 15) is 14.4 Å². The summed E-state index contributed by atoms with van der Waals surface area (Å²) in [5.41, 5.74) is 1.62. The lowest BCUT2D eigenvalue weighted by Gasteiger charge is -2.35. The summed E-state index contributed by atoms with van der Waals surface area (Å²) in [5.74, 6) is -0.240. The summed E-state index contributed by atoms with van der Waals surface area (Å²) in [4.78, 5) is 40.8. The summed E-state index contributed by atoms with van der Waals surface area (Å²) in [7, 11) is 0. The molecule has 7 heteroatoms. The van der Waals surface area contributed by atoms with E-state index in [4.69, 9.17) is 4.74 Å². The Labute approximate surface area is 192 Å². The minimum absolute atomic E-state index is 0.0577. The standard InChI is InChI=1S/C25H39N3O4/c1-15-11-10-12-16(2)20(15)21(22(30)27-24(4,5)6)28(18-13-17(18)3)19(29)14-26-23(31)32-25(7,8)9/h10-12,17-18,21H,13-14H2,1-9H3,(H,26,31)(H,27,30). The van der Waals surface area contributed by atoms with E-state index in [1.807, 2.05) is 52.8 Å². The van der Waals surface area contributed by atoms with Gasteiger partial charge in [0.25, 0.3) is 0 Å². The van der Waals surface area contributed by atoms with Crippen molar-refractivity contribution in [3.8, 4) is 0 Å². The van der Waals surface area contributed by atoms with E-state index in [-0.39, 0.29) is 30.3 Å². The van der Waals surface area contributed by atoms with Crippen LogP contribution < -0.4 is 10.6 Å². The second kappa shape index (κ2) is 9.51. The van der Waals surface area contributed by atoms with E-state index in [0.29, 0.717) is 0 Å². The van der Waals surface area contributed by atoms with Gasteiger partial charge in [0.1, 0.15) is 18.2 Å². The van der Waals surface area contributed by atoms with Gasteiger partial charge in [-0.3, -0.25) is 9.59 Å². The van der Waals surface area contributed by atoms with Crippen molar-refractivity contribution in [3.05, 3.63) is 34.9 Å². The summed E-state index contributed by atoms with van der Waals surface area (Å²) < 4.78 is 5.26. The van der Waals surface area contributed by atoms with Crippen LogP contribution in [0.3, 0.4) is 0 Å². The lowest BCUT2D eigenvalue weighted by Crippen LogP contribution is -2.52. The number of ether oxygens (including phenoxy) is 1. The smallest absolute Gasteiger partial charge is 0.408 e. The first-order valence-corrected chi connectivity index (χ1v) is 11.3. The lowest BCUT2D eigenvalue weighted by atomic mass is 9.93. The highest BCUT2D eigenvalue weighted by molar-refractivity contribution is 5.91. The number of amides is 3. The van der Waals surface area contributed by atoms with E-state index < -0.39 is 23.3 Å². The first kappa shape index (κ1) is 25.7. The first-order valence-electron chi connectivity index (χ1n) is 11.3. The zero-order valence-electron chi connectivity index (χ0n) is 21.0. The molecule has 0 spiro atoms. The normalized spacial score (nSPS) is 19.0. The maximum atomic E-state index is 13.6. The molecule has 0 saturated heterocycles. The molecule has 1 saturated carbocycles. The van der Waals surface area contributed by atoms with Crippen LogP contribution >= 0.6 is 0 Å². The summed E-state index contributed by atoms with van der Waals surface area (Å²) in [6.07, 6.45) is 0.167. The predicted octanol–water partition coefficient (Wildman–Crippen LogP) is 4.02. The van der Waals surface area contributed by atoms with E-state index in [1.54, 1.807) is 25.7 Å². The molecule has 3 unspecified atom stereocenters. The molecule has 178 valence electrons. The van der Waals surface area contributed by atoms with E-state index >= 15 is 0 Å². The molecular formula is C25H39N3O4. The molecule has 0 aromatic heterocycles. The Morgan fingerprint density at radius 1 is 1.09 bits per heavy atom. The molecule has 1 aliphatic carbocycles. The predicted molar refractivity (Wildman–Crippen MR) is 125 cm³/mol. The van der Waals surface area contributed by atoms with E-state index in [2.05, 4.69) is 17.6 Å². The summed E-state index contributed by atoms with van der Waals surface area (Å²) in [6.45, 7) is 16.8. The molecule has 7 nitrogen and oxygen atoms in total. The fraction of sp³-hybridized carbons (Fsp3) is 0.640. The SMILES string of the molecule is Cc1cccc(C)c1C(C(=O)NC(C)(C)C)N(C(=O)CNC(=O)OC(C)(C)C)C1CC1C. The van der Waals surface area contributed by atoms with Crippen LogP contribution in [0.2, 0.25) is 0 Å². The van der Waals surface area contributed by atoms with Crippen LogP contribution in [0.1, 0.15) is 77.6 Å². The number of nitrogens with one attached hydrogen (secondary N) is 2. The molecule has 1 aromatic rings. The highest BCUT2D eigenvalue weighted by atomic mass is 16.6. The average molecular weight is 446 g/mol. The first-order chi connectivity index (χ1) is 14.6. The molecule has 3 atom stereocenters. The van der Waals surface area contributed by atoms with E-state index in [0.717, 1.165) is 23.1 Å². The third kappa shape index (κ3) is 6.97. The Hall–Kier alpha value is -2.57. The number of hydrogen-bond acceptors (Lipinski definition) is 4. The highest BCUT2D eigenvalue weighted by Crippen LogP contribution is 2.41. The van der Waals surface area contributed by atoms with Crippen molar-refractivity contribution in [2.75, 3.05) is 6.54 Å². The Bertz CT molecular complexity index is 847. The largest absolute Gasteiger partial charge is 0.444 e. The van der Waals surface area contributed by atoms with Gasteiger partial charge < -0.3 is 20.3 Å². The van der Waals surface area contributed by atoms with Crippen molar-refractivity contribution in [2.24, 2.45) is 5.92 Å². The van der Waals surface area contributed by atoms with Crippen LogP contribution in [0.15, 0.2) is 18.2 Å². The molecule has 2 rings (SSSR count). The maximum absolute atomic E-state index is 13.6. The minimum atomic E-state index is -0.779. The Morgan fingerprint density at radius 2 is 1.62 bits per heavy atom. The van der Waals surface area contributed by atoms with Crippen LogP contribution in [0, 0.1) is 19.8 Å². The van der Waals surface area contributed by atoms with Crippen molar-refractivity contribution < 1.29 is 19.1 Å². The van der Waals surface area contributed by atoms with Crippen molar-refractivity contribution in [2.45, 2.75) is 92.0 Å². The van der Waals surface area contributed by atoms with Crippen molar-refractivity contribution in [3.63, 3.8) is 0 Å². The molecule has 1 aliphatic rings. The Morgan fingerprint density at radius 3 is 2.06 bits per heavy atom. The number of carbonyl (C=O) groups is 3. The van der Waals surface area contributed by atoms with Gasteiger partial charge in [-0.2, -0.15) is 0 Å². The molecule has 2 N–H and O–H groups in total. The van der Waals surface area contributed by atoms with Gasteiger partial charge in [-0.15, -0.1) is 0 Å². The van der Waals surface area contributed by atoms with Crippen molar-refractivity contribution >= 4 is 17.9 Å². The van der Waals surface area contributed by atoms with Gasteiger partial charge in [0.15, 0.2) is 0 Å². The van der Waals surface area contributed by atoms with E-state index in [1.165, 1.54) is 0 Å². The molecular weight excluding hydrogens is 406 g/mol. The fourth-order valence-corrected chi connectivity index (χ4v) is 3.86. The number of hydrogen-bond donors (Lipinski definition) is 2. The van der Waals surface area contributed by atoms with Gasteiger partial charge in [-0.05, 0) is 84.4 Å². The average Bonchev–Trinajstić information content (AvgIpc) is 3.31. The second-order valence-corrected chi connectivity index (χ2v) is 10.9. The van der Waals surface area contributed by atoms with Gasteiger partial charge in [0.05, 0.1) is 0 Å². The topological polar surface area (TPSA) is 87.7 Å². The van der Waals surface area contributed by atoms with Crippen LogP contribution in [-0.2, 0) is 14.3 Å². The fourth-order valence-electron chi connectivity index (χ4n) is 3.86. The minimum Gasteiger partial charge on any atom is -0.444 e. The highest BCUT2D eigenvalue weighted by Gasteiger charge is 2.47. The second-order valence-electron chi connectivity index (χ2n) is 10.9. The molecule has 0 aliphatic heterocycles. The van der Waals surface area contributed by atoms with Crippen molar-refractivity contribution in [1.29, 1.82) is 0 Å². The quantitative estimate of drug-likeness (QED) is 0.692. The molecule has 1 aromatic carbocycles. The number of aryl methyl sites for hydroxylation is 2. The summed E-state index contributed by atoms with van der Waals surface area (Å²) in [5, 5.41) is 5.61. The molecule has 32 heavy (non-hydrogen) atoms. The number of rotatable bonds is 6. The molecule has 0 bridgehead atoms. The van der Waals surface area contributed by atoms with Gasteiger partial charge in [-0.25, -0.2) is 4.79 Å². The van der Waals surface area contributed by atoms with Gasteiger partial charge in [0.2, 0.25) is 11.8 Å². The zero-order chi connectivity index (χ0) is 24.4. The van der Waals surface area contributed by atoms with Gasteiger partial charge in [-0.1, -0.05) is 25.1 Å². The molecule has 3 amide bonds. The summed E-state index contributed by atoms with van der Waals surface area (Å²) in [6, 6.07) is 5.02. The number of alkyl carbamates (subject to hydrolysis) is 1. The monoisotopic (exact) mass is 445 g/mol. The lowest BCUT2D eigenvalue weighted by molar-refractivity contribution is -0.141. The Kier molecular flexibility index (Phi) is 7.63. The van der Waals surface area contributed by atoms with Crippen LogP contribution in [0.5, 0.6) is 0 Å².